The standard InChI is InChI=1S/C15H24BrNO2/c1-4-17-9-7-5-6-8-12-10-15(19-3)13(16)11-14(12)18-2/h10-11,17H,4-9H2,1-3H3. The maximum atomic E-state index is 5.42. The number of nitrogens with one attached hydrogen (secondary N) is 1. The van der Waals surface area contributed by atoms with Gasteiger partial charge in [-0.1, -0.05) is 13.3 Å². The monoisotopic (exact) mass is 329 g/mol. The fourth-order valence-electron chi connectivity index (χ4n) is 2.04. The SMILES string of the molecule is CCNCCCCCc1cc(OC)c(Br)cc1OC. The third kappa shape index (κ3) is 5.41. The number of hydrogen-bond donors (Lipinski definition) is 1. The number of halogens is 1. The number of benzene rings is 1. The van der Waals surface area contributed by atoms with E-state index in [1.807, 2.05) is 6.07 Å². The molecular weight excluding hydrogens is 306 g/mol. The van der Waals surface area contributed by atoms with Crippen LogP contribution in [0.3, 0.4) is 0 Å². The smallest absolute Gasteiger partial charge is 0.133 e. The van der Waals surface area contributed by atoms with Gasteiger partial charge in [-0.15, -0.1) is 0 Å². The molecule has 0 heterocycles. The minimum atomic E-state index is 0.864. The van der Waals surface area contributed by atoms with E-state index in [0.717, 1.165) is 35.5 Å². The van der Waals surface area contributed by atoms with Crippen molar-refractivity contribution in [3.8, 4) is 11.5 Å². The van der Waals surface area contributed by atoms with Gasteiger partial charge >= 0.3 is 0 Å². The van der Waals surface area contributed by atoms with Gasteiger partial charge in [0.15, 0.2) is 0 Å². The molecule has 19 heavy (non-hydrogen) atoms. The molecule has 0 bridgehead atoms. The van der Waals surface area contributed by atoms with Crippen molar-refractivity contribution in [2.24, 2.45) is 0 Å². The Morgan fingerprint density at radius 2 is 1.79 bits per heavy atom. The van der Waals surface area contributed by atoms with Crippen LogP contribution < -0.4 is 14.8 Å². The van der Waals surface area contributed by atoms with E-state index in [9.17, 15) is 0 Å². The van der Waals surface area contributed by atoms with Gasteiger partial charge in [0.1, 0.15) is 11.5 Å². The van der Waals surface area contributed by atoms with Crippen LogP contribution in [0, 0.1) is 0 Å². The summed E-state index contributed by atoms with van der Waals surface area (Å²) in [6, 6.07) is 4.04. The molecule has 0 aliphatic heterocycles. The Kier molecular flexibility index (Phi) is 7.91. The minimum absolute atomic E-state index is 0.864. The molecule has 0 fully saturated rings. The number of methoxy groups -OCH3 is 2. The highest BCUT2D eigenvalue weighted by atomic mass is 79.9. The summed E-state index contributed by atoms with van der Waals surface area (Å²) in [6.07, 6.45) is 4.66. The van der Waals surface area contributed by atoms with E-state index in [1.54, 1.807) is 14.2 Å². The number of aryl methyl sites for hydroxylation is 1. The summed E-state index contributed by atoms with van der Waals surface area (Å²) in [5, 5.41) is 3.34. The first-order valence-corrected chi connectivity index (χ1v) is 7.63. The Bertz CT molecular complexity index is 383. The normalized spacial score (nSPS) is 10.5. The van der Waals surface area contributed by atoms with Crippen molar-refractivity contribution in [3.05, 3.63) is 22.2 Å². The summed E-state index contributed by atoms with van der Waals surface area (Å²) in [4.78, 5) is 0. The molecule has 1 aromatic rings. The molecule has 1 N–H and O–H groups in total. The van der Waals surface area contributed by atoms with Crippen LogP contribution in [-0.4, -0.2) is 27.3 Å². The summed E-state index contributed by atoms with van der Waals surface area (Å²) >= 11 is 3.48. The lowest BCUT2D eigenvalue weighted by Crippen LogP contribution is -2.13. The summed E-state index contributed by atoms with van der Waals surface area (Å²) < 4.78 is 11.7. The van der Waals surface area contributed by atoms with E-state index >= 15 is 0 Å². The van der Waals surface area contributed by atoms with Gasteiger partial charge in [0.2, 0.25) is 0 Å². The summed E-state index contributed by atoms with van der Waals surface area (Å²) in [5.74, 6) is 1.79. The lowest BCUT2D eigenvalue weighted by atomic mass is 10.1. The van der Waals surface area contributed by atoms with Gasteiger partial charge in [-0.2, -0.15) is 0 Å². The average Bonchev–Trinajstić information content (AvgIpc) is 2.43. The molecule has 4 heteroatoms. The third-order valence-corrected chi connectivity index (χ3v) is 3.72. The Morgan fingerprint density at radius 1 is 1.05 bits per heavy atom. The Hall–Kier alpha value is -0.740. The molecule has 0 aromatic heterocycles. The molecule has 0 radical (unpaired) electrons. The molecule has 0 atom stereocenters. The van der Waals surface area contributed by atoms with Crippen LogP contribution in [-0.2, 0) is 6.42 Å². The highest BCUT2D eigenvalue weighted by Crippen LogP contribution is 2.33. The topological polar surface area (TPSA) is 30.5 Å². The molecule has 3 nitrogen and oxygen atoms in total. The van der Waals surface area contributed by atoms with Gasteiger partial charge in [0.25, 0.3) is 0 Å². The molecule has 1 rings (SSSR count). The zero-order valence-electron chi connectivity index (χ0n) is 12.1. The molecule has 0 unspecified atom stereocenters. The van der Waals surface area contributed by atoms with Gasteiger partial charge in [0, 0.05) is 0 Å². The van der Waals surface area contributed by atoms with Crippen molar-refractivity contribution < 1.29 is 9.47 Å². The molecule has 0 saturated carbocycles. The summed E-state index contributed by atoms with van der Waals surface area (Å²) in [5.41, 5.74) is 1.21. The first-order chi connectivity index (χ1) is 9.22. The second kappa shape index (κ2) is 9.21. The van der Waals surface area contributed by atoms with Crippen molar-refractivity contribution in [1.29, 1.82) is 0 Å². The number of hydrogen-bond acceptors (Lipinski definition) is 3. The van der Waals surface area contributed by atoms with E-state index in [4.69, 9.17) is 9.47 Å². The van der Waals surface area contributed by atoms with E-state index in [-0.39, 0.29) is 0 Å². The Morgan fingerprint density at radius 3 is 2.42 bits per heavy atom. The summed E-state index contributed by atoms with van der Waals surface area (Å²) in [7, 11) is 3.40. The molecule has 0 aliphatic rings. The fourth-order valence-corrected chi connectivity index (χ4v) is 2.52. The highest BCUT2D eigenvalue weighted by molar-refractivity contribution is 9.10. The van der Waals surface area contributed by atoms with Gasteiger partial charge in [0.05, 0.1) is 18.7 Å². The van der Waals surface area contributed by atoms with Gasteiger partial charge in [-0.3, -0.25) is 0 Å². The quantitative estimate of drug-likeness (QED) is 0.699. The van der Waals surface area contributed by atoms with Crippen LogP contribution in [0.4, 0.5) is 0 Å². The molecule has 1 aromatic carbocycles. The lowest BCUT2D eigenvalue weighted by molar-refractivity contribution is 0.396. The van der Waals surface area contributed by atoms with Crippen molar-refractivity contribution in [2.75, 3.05) is 27.3 Å². The average molecular weight is 330 g/mol. The van der Waals surface area contributed by atoms with E-state index in [1.165, 1.54) is 24.8 Å². The highest BCUT2D eigenvalue weighted by Gasteiger charge is 2.09. The van der Waals surface area contributed by atoms with E-state index in [2.05, 4.69) is 34.2 Å². The molecule has 0 saturated heterocycles. The Labute approximate surface area is 124 Å². The van der Waals surface area contributed by atoms with Crippen LogP contribution >= 0.6 is 15.9 Å². The van der Waals surface area contributed by atoms with Gasteiger partial charge in [-0.05, 0) is 66.0 Å². The van der Waals surface area contributed by atoms with Crippen LogP contribution in [0.15, 0.2) is 16.6 Å². The number of rotatable bonds is 9. The van der Waals surface area contributed by atoms with Crippen LogP contribution in [0.1, 0.15) is 31.7 Å². The predicted octanol–water partition coefficient (Wildman–Crippen LogP) is 3.79. The van der Waals surface area contributed by atoms with E-state index < -0.39 is 0 Å². The first kappa shape index (κ1) is 16.3. The summed E-state index contributed by atoms with van der Waals surface area (Å²) in [6.45, 7) is 4.30. The Balaban J connectivity index is 2.51. The number of ether oxygens (including phenoxy) is 2. The van der Waals surface area contributed by atoms with Crippen LogP contribution in [0.2, 0.25) is 0 Å². The molecule has 0 amide bonds. The van der Waals surface area contributed by atoms with Crippen molar-refractivity contribution in [3.63, 3.8) is 0 Å². The largest absolute Gasteiger partial charge is 0.496 e. The predicted molar refractivity (Wildman–Crippen MR) is 83.3 cm³/mol. The van der Waals surface area contributed by atoms with Crippen LogP contribution in [0.5, 0.6) is 11.5 Å². The van der Waals surface area contributed by atoms with Crippen LogP contribution in [0.25, 0.3) is 0 Å². The van der Waals surface area contributed by atoms with Gasteiger partial charge < -0.3 is 14.8 Å². The molecule has 108 valence electrons. The van der Waals surface area contributed by atoms with Crippen molar-refractivity contribution in [1.82, 2.24) is 5.32 Å². The van der Waals surface area contributed by atoms with Gasteiger partial charge in [-0.25, -0.2) is 0 Å². The maximum absolute atomic E-state index is 5.42. The molecular formula is C15H24BrNO2. The third-order valence-electron chi connectivity index (χ3n) is 3.10. The lowest BCUT2D eigenvalue weighted by Gasteiger charge is -2.12. The zero-order chi connectivity index (χ0) is 14.1. The zero-order valence-corrected chi connectivity index (χ0v) is 13.7. The molecule has 0 spiro atoms. The minimum Gasteiger partial charge on any atom is -0.496 e. The first-order valence-electron chi connectivity index (χ1n) is 6.84. The number of unbranched alkanes of at least 4 members (excludes halogenated alkanes) is 2. The van der Waals surface area contributed by atoms with E-state index in [0.29, 0.717) is 0 Å². The van der Waals surface area contributed by atoms with Crippen molar-refractivity contribution in [2.45, 2.75) is 32.6 Å². The maximum Gasteiger partial charge on any atom is 0.133 e. The second-order valence-electron chi connectivity index (χ2n) is 4.46. The molecule has 0 aliphatic carbocycles. The fraction of sp³-hybridized carbons (Fsp3) is 0.600. The van der Waals surface area contributed by atoms with Crippen molar-refractivity contribution >= 4 is 15.9 Å². The second-order valence-corrected chi connectivity index (χ2v) is 5.32.